The highest BCUT2D eigenvalue weighted by molar-refractivity contribution is 7.51. The Morgan fingerprint density at radius 1 is 1.48 bits per heavy atom. The summed E-state index contributed by atoms with van der Waals surface area (Å²) in [4.78, 5) is 39.0. The molecule has 0 amide bonds. The van der Waals surface area contributed by atoms with Crippen molar-refractivity contribution >= 4 is 24.7 Å². The van der Waals surface area contributed by atoms with Crippen LogP contribution in [0.2, 0.25) is 0 Å². The third-order valence-electron chi connectivity index (χ3n) is 2.44. The molecule has 21 heavy (non-hydrogen) atoms. The van der Waals surface area contributed by atoms with Crippen LogP contribution >= 0.6 is 7.60 Å². The van der Waals surface area contributed by atoms with Crippen LogP contribution in [0.3, 0.4) is 0 Å². The molecule has 2 aromatic heterocycles. The van der Waals surface area contributed by atoms with E-state index in [0.29, 0.717) is 12.2 Å². The normalized spacial score (nSPS) is 12.5. The molecule has 0 unspecified atom stereocenters. The van der Waals surface area contributed by atoms with Crippen LogP contribution in [0.25, 0.3) is 11.2 Å². The molecule has 0 radical (unpaired) electrons. The van der Waals surface area contributed by atoms with Crippen LogP contribution < -0.4 is 11.3 Å². The molecule has 114 valence electrons. The van der Waals surface area contributed by atoms with E-state index in [1.165, 1.54) is 6.33 Å². The van der Waals surface area contributed by atoms with E-state index in [4.69, 9.17) is 20.3 Å². The maximum absolute atomic E-state index is 11.6. The van der Waals surface area contributed by atoms with Crippen molar-refractivity contribution < 1.29 is 19.1 Å². The van der Waals surface area contributed by atoms with Gasteiger partial charge in [-0.1, -0.05) is 12.2 Å². The number of aromatic amines is 1. The van der Waals surface area contributed by atoms with Crippen molar-refractivity contribution in [2.75, 3.05) is 18.7 Å². The lowest BCUT2D eigenvalue weighted by Gasteiger charge is -2.02. The van der Waals surface area contributed by atoms with Crippen molar-refractivity contribution in [3.05, 3.63) is 28.8 Å². The van der Waals surface area contributed by atoms with Gasteiger partial charge in [-0.15, -0.1) is 0 Å². The van der Waals surface area contributed by atoms with Crippen molar-refractivity contribution in [2.45, 2.75) is 6.54 Å². The second-order valence-corrected chi connectivity index (χ2v) is 5.74. The first-order valence-corrected chi connectivity index (χ1v) is 7.64. The Balaban J connectivity index is 1.98. The van der Waals surface area contributed by atoms with Gasteiger partial charge in [-0.3, -0.25) is 14.3 Å². The number of anilines is 1. The Bertz CT molecular complexity index is 761. The Morgan fingerprint density at radius 2 is 2.24 bits per heavy atom. The maximum Gasteiger partial charge on any atom is 0.350 e. The topological polar surface area (TPSA) is 156 Å². The number of H-pyrrole nitrogens is 1. The predicted octanol–water partition coefficient (Wildman–Crippen LogP) is -0.590. The van der Waals surface area contributed by atoms with Gasteiger partial charge in [0.25, 0.3) is 5.56 Å². The van der Waals surface area contributed by atoms with Crippen molar-refractivity contribution in [1.29, 1.82) is 0 Å². The van der Waals surface area contributed by atoms with Gasteiger partial charge in [0.05, 0.1) is 12.9 Å². The summed E-state index contributed by atoms with van der Waals surface area (Å²) in [7, 11) is -4.14. The number of imidazole rings is 1. The lowest BCUT2D eigenvalue weighted by Crippen LogP contribution is -2.12. The summed E-state index contributed by atoms with van der Waals surface area (Å²) in [5.41, 5.74) is 5.60. The molecule has 11 heteroatoms. The largest absolute Gasteiger partial charge is 0.369 e. The van der Waals surface area contributed by atoms with Gasteiger partial charge in [0.1, 0.15) is 6.35 Å². The van der Waals surface area contributed by atoms with Crippen LogP contribution in [-0.4, -0.2) is 42.3 Å². The third-order valence-corrected chi connectivity index (χ3v) is 2.95. The van der Waals surface area contributed by atoms with E-state index in [0.717, 1.165) is 0 Å². The first-order chi connectivity index (χ1) is 9.87. The van der Waals surface area contributed by atoms with Gasteiger partial charge < -0.3 is 24.8 Å². The number of ether oxygens (including phenoxy) is 1. The summed E-state index contributed by atoms with van der Waals surface area (Å²) < 4.78 is 16.9. The molecule has 0 saturated carbocycles. The fraction of sp³-hybridized carbons (Fsp3) is 0.300. The molecular formula is C10H14N5O5P. The van der Waals surface area contributed by atoms with E-state index in [2.05, 4.69) is 15.0 Å². The molecule has 0 spiro atoms. The molecule has 10 nitrogen and oxygen atoms in total. The Labute approximate surface area is 118 Å². The van der Waals surface area contributed by atoms with Crippen molar-refractivity contribution in [2.24, 2.45) is 0 Å². The molecule has 0 bridgehead atoms. The van der Waals surface area contributed by atoms with Gasteiger partial charge in [0.15, 0.2) is 11.2 Å². The van der Waals surface area contributed by atoms with E-state index in [1.54, 1.807) is 16.7 Å². The number of rotatable bonds is 6. The van der Waals surface area contributed by atoms with Crippen LogP contribution in [0.15, 0.2) is 23.3 Å². The summed E-state index contributed by atoms with van der Waals surface area (Å²) in [6, 6.07) is 0. The molecule has 2 heterocycles. The molecule has 0 aliphatic rings. The average molecular weight is 315 g/mol. The smallest absolute Gasteiger partial charge is 0.350 e. The van der Waals surface area contributed by atoms with E-state index in [-0.39, 0.29) is 18.1 Å². The van der Waals surface area contributed by atoms with Crippen molar-refractivity contribution in [3.63, 3.8) is 0 Å². The fourth-order valence-electron chi connectivity index (χ4n) is 1.60. The lowest BCUT2D eigenvalue weighted by molar-refractivity contribution is 0.184. The molecule has 0 aliphatic heterocycles. The first kappa shape index (κ1) is 15.4. The number of allylic oxidation sites excluding steroid dienone is 1. The third kappa shape index (κ3) is 4.23. The fourth-order valence-corrected chi connectivity index (χ4v) is 1.94. The minimum atomic E-state index is -4.14. The highest BCUT2D eigenvalue weighted by Crippen LogP contribution is 2.33. The maximum atomic E-state index is 11.6. The second kappa shape index (κ2) is 6.19. The number of fused-ring (bicyclic) bond motifs is 1. The Hall–Kier alpha value is -2.00. The summed E-state index contributed by atoms with van der Waals surface area (Å²) in [6.45, 7) is 0.430. The van der Waals surface area contributed by atoms with E-state index in [9.17, 15) is 9.36 Å². The van der Waals surface area contributed by atoms with Gasteiger partial charge in [-0.2, -0.15) is 4.98 Å². The van der Waals surface area contributed by atoms with Crippen LogP contribution in [-0.2, 0) is 15.8 Å². The monoisotopic (exact) mass is 315 g/mol. The highest BCUT2D eigenvalue weighted by Gasteiger charge is 2.11. The standard InChI is InChI=1S/C10H14N5O5P/c11-10-13-8-7(9(16)14-10)12-5-15(8)3-1-2-4-20-6-21(17,18)19/h1-2,5H,3-4,6H2,(H2,17,18,19)(H3,11,13,14,16)/b2-1-. The van der Waals surface area contributed by atoms with E-state index >= 15 is 0 Å². The van der Waals surface area contributed by atoms with Gasteiger partial charge in [0.2, 0.25) is 5.95 Å². The number of aromatic nitrogens is 4. The number of hydrogen-bond donors (Lipinski definition) is 4. The van der Waals surface area contributed by atoms with Crippen LogP contribution in [0.5, 0.6) is 0 Å². The molecule has 0 aromatic carbocycles. The molecule has 2 aromatic rings. The summed E-state index contributed by atoms with van der Waals surface area (Å²) >= 11 is 0. The van der Waals surface area contributed by atoms with Crippen molar-refractivity contribution in [3.8, 4) is 0 Å². The zero-order chi connectivity index (χ0) is 15.5. The number of nitrogens with one attached hydrogen (secondary N) is 1. The van der Waals surface area contributed by atoms with Crippen LogP contribution in [0.1, 0.15) is 0 Å². The zero-order valence-electron chi connectivity index (χ0n) is 10.8. The minimum Gasteiger partial charge on any atom is -0.369 e. The molecule has 0 aliphatic carbocycles. The lowest BCUT2D eigenvalue weighted by atomic mass is 10.5. The zero-order valence-corrected chi connectivity index (χ0v) is 11.7. The molecule has 2 rings (SSSR count). The Kier molecular flexibility index (Phi) is 4.53. The summed E-state index contributed by atoms with van der Waals surface area (Å²) in [5.74, 6) is 0.00297. The summed E-state index contributed by atoms with van der Waals surface area (Å²) in [6.07, 6.45) is 4.11. The van der Waals surface area contributed by atoms with Gasteiger partial charge in [0, 0.05) is 6.54 Å². The number of nitrogen functional groups attached to an aromatic ring is 1. The van der Waals surface area contributed by atoms with Gasteiger partial charge >= 0.3 is 7.60 Å². The highest BCUT2D eigenvalue weighted by atomic mass is 31.2. The molecule has 5 N–H and O–H groups in total. The molecule has 0 fully saturated rings. The SMILES string of the molecule is Nc1nc2c(ncn2C/C=C\COCP(=O)(O)O)c(=O)[nH]1. The Morgan fingerprint density at radius 3 is 2.95 bits per heavy atom. The van der Waals surface area contributed by atoms with Gasteiger partial charge in [-0.25, -0.2) is 4.98 Å². The van der Waals surface area contributed by atoms with Crippen LogP contribution in [0.4, 0.5) is 5.95 Å². The minimum absolute atomic E-state index is 0.00297. The van der Waals surface area contributed by atoms with Crippen LogP contribution in [0, 0.1) is 0 Å². The molecule has 0 saturated heterocycles. The number of nitrogens with two attached hydrogens (primary N) is 1. The van der Waals surface area contributed by atoms with E-state index < -0.39 is 19.5 Å². The summed E-state index contributed by atoms with van der Waals surface area (Å²) in [5, 5.41) is 0. The number of hydrogen-bond acceptors (Lipinski definition) is 6. The second-order valence-electron chi connectivity index (χ2n) is 4.16. The first-order valence-electron chi connectivity index (χ1n) is 5.85. The van der Waals surface area contributed by atoms with Gasteiger partial charge in [-0.05, 0) is 0 Å². The number of nitrogens with zero attached hydrogens (tertiary/aromatic N) is 3. The predicted molar refractivity (Wildman–Crippen MR) is 74.6 cm³/mol. The molecular weight excluding hydrogens is 301 g/mol. The van der Waals surface area contributed by atoms with E-state index in [1.807, 2.05) is 0 Å². The average Bonchev–Trinajstić information content (AvgIpc) is 2.75. The molecule has 0 atom stereocenters. The quantitative estimate of drug-likeness (QED) is 0.313. The van der Waals surface area contributed by atoms with Crippen molar-refractivity contribution in [1.82, 2.24) is 19.5 Å².